The van der Waals surface area contributed by atoms with Gasteiger partial charge in [-0.05, 0) is 36.8 Å². The average Bonchev–Trinajstić information content (AvgIpc) is 2.53. The van der Waals surface area contributed by atoms with E-state index in [4.69, 9.17) is 0 Å². The van der Waals surface area contributed by atoms with Crippen molar-refractivity contribution in [1.29, 1.82) is 0 Å². The van der Waals surface area contributed by atoms with Crippen LogP contribution < -0.4 is 5.32 Å². The van der Waals surface area contributed by atoms with Gasteiger partial charge in [0, 0.05) is 13.1 Å². The van der Waals surface area contributed by atoms with Crippen LogP contribution in [0.5, 0.6) is 0 Å². The lowest BCUT2D eigenvalue weighted by molar-refractivity contribution is -0.153. The fourth-order valence-electron chi connectivity index (χ4n) is 3.28. The number of carbonyl (C=O) groups excluding carboxylic acids is 1. The maximum absolute atomic E-state index is 12.7. The van der Waals surface area contributed by atoms with E-state index in [0.717, 1.165) is 12.8 Å². The van der Waals surface area contributed by atoms with E-state index in [1.54, 1.807) is 4.90 Å². The predicted octanol–water partition coefficient (Wildman–Crippen LogP) is 1.17. The maximum Gasteiger partial charge on any atom is 0.326 e. The van der Waals surface area contributed by atoms with Gasteiger partial charge >= 0.3 is 5.97 Å². The lowest BCUT2D eigenvalue weighted by Crippen LogP contribution is -2.56. The van der Waals surface area contributed by atoms with Crippen LogP contribution in [0.1, 0.15) is 30.4 Å². The molecule has 0 aromatic heterocycles. The summed E-state index contributed by atoms with van der Waals surface area (Å²) in [6, 6.07) is 7.11. The normalized spacial score (nSPS) is 25.2. The van der Waals surface area contributed by atoms with Gasteiger partial charge in [0.05, 0.1) is 6.04 Å². The Kier molecular flexibility index (Phi) is 3.92. The number of likely N-dealkylation sites (tertiary alicyclic amines) is 1. The van der Waals surface area contributed by atoms with Crippen molar-refractivity contribution in [3.05, 3.63) is 35.4 Å². The van der Waals surface area contributed by atoms with Crippen LogP contribution in [0.25, 0.3) is 0 Å². The molecule has 0 bridgehead atoms. The number of amides is 1. The third kappa shape index (κ3) is 2.78. The number of rotatable bonds is 2. The number of piperidine rings is 1. The van der Waals surface area contributed by atoms with Crippen LogP contribution in [-0.2, 0) is 22.6 Å². The highest BCUT2D eigenvalue weighted by molar-refractivity contribution is 5.87. The lowest BCUT2D eigenvalue weighted by atomic mass is 9.93. The number of aliphatic carboxylic acids is 1. The first-order valence-electron chi connectivity index (χ1n) is 7.50. The Balaban J connectivity index is 1.75. The van der Waals surface area contributed by atoms with Crippen LogP contribution >= 0.6 is 0 Å². The molecule has 2 atom stereocenters. The Hall–Kier alpha value is -1.88. The molecule has 2 aliphatic rings. The molecule has 112 valence electrons. The van der Waals surface area contributed by atoms with Gasteiger partial charge in [-0.15, -0.1) is 0 Å². The molecule has 1 saturated heterocycles. The zero-order valence-electron chi connectivity index (χ0n) is 11.9. The molecule has 5 nitrogen and oxygen atoms in total. The average molecular weight is 288 g/mol. The summed E-state index contributed by atoms with van der Waals surface area (Å²) >= 11 is 0. The second-order valence-electron chi connectivity index (χ2n) is 5.79. The third-order valence-corrected chi connectivity index (χ3v) is 4.45. The molecular weight excluding hydrogens is 268 g/mol. The summed E-state index contributed by atoms with van der Waals surface area (Å²) in [5, 5.41) is 12.5. The summed E-state index contributed by atoms with van der Waals surface area (Å²) in [7, 11) is 0. The minimum atomic E-state index is -0.890. The molecule has 0 saturated carbocycles. The van der Waals surface area contributed by atoms with Gasteiger partial charge in [-0.25, -0.2) is 4.79 Å². The van der Waals surface area contributed by atoms with Crippen LogP contribution in [0.4, 0.5) is 0 Å². The highest BCUT2D eigenvalue weighted by Crippen LogP contribution is 2.22. The lowest BCUT2D eigenvalue weighted by Gasteiger charge is -2.37. The van der Waals surface area contributed by atoms with E-state index < -0.39 is 12.0 Å². The van der Waals surface area contributed by atoms with Gasteiger partial charge in [-0.3, -0.25) is 4.79 Å². The molecule has 0 spiro atoms. The molecule has 2 aliphatic heterocycles. The number of carboxylic acids is 1. The summed E-state index contributed by atoms with van der Waals surface area (Å²) in [6.45, 7) is 1.22. The number of nitrogens with one attached hydrogen (secondary N) is 1. The Bertz CT molecular complexity index is 558. The van der Waals surface area contributed by atoms with Crippen LogP contribution in [0.15, 0.2) is 24.3 Å². The number of carbonyl (C=O) groups is 2. The molecule has 1 aromatic carbocycles. The van der Waals surface area contributed by atoms with Gasteiger partial charge in [0.15, 0.2) is 0 Å². The van der Waals surface area contributed by atoms with Crippen LogP contribution in [0.2, 0.25) is 0 Å². The molecule has 1 amide bonds. The quantitative estimate of drug-likeness (QED) is 0.857. The second kappa shape index (κ2) is 5.85. The molecule has 1 aromatic rings. The molecule has 0 aliphatic carbocycles. The van der Waals surface area contributed by atoms with E-state index in [-0.39, 0.29) is 11.9 Å². The number of hydrogen-bond donors (Lipinski definition) is 2. The number of carboxylic acid groups (broad SMARTS) is 1. The van der Waals surface area contributed by atoms with Crippen molar-refractivity contribution in [2.24, 2.45) is 0 Å². The monoisotopic (exact) mass is 288 g/mol. The van der Waals surface area contributed by atoms with Gasteiger partial charge in [-0.1, -0.05) is 24.3 Å². The van der Waals surface area contributed by atoms with E-state index in [9.17, 15) is 14.7 Å². The molecule has 2 heterocycles. The van der Waals surface area contributed by atoms with Crippen molar-refractivity contribution >= 4 is 11.9 Å². The summed E-state index contributed by atoms with van der Waals surface area (Å²) in [5.74, 6) is -0.962. The third-order valence-electron chi connectivity index (χ3n) is 4.45. The highest BCUT2D eigenvalue weighted by Gasteiger charge is 2.36. The molecule has 3 rings (SSSR count). The molecule has 5 heteroatoms. The van der Waals surface area contributed by atoms with Gasteiger partial charge < -0.3 is 15.3 Å². The Morgan fingerprint density at radius 1 is 1.19 bits per heavy atom. The molecule has 0 radical (unpaired) electrons. The largest absolute Gasteiger partial charge is 0.480 e. The number of fused-ring (bicyclic) bond motifs is 1. The molecule has 1 unspecified atom stereocenters. The zero-order valence-corrected chi connectivity index (χ0v) is 11.9. The summed E-state index contributed by atoms with van der Waals surface area (Å²) in [5.41, 5.74) is 2.40. The summed E-state index contributed by atoms with van der Waals surface area (Å²) in [6.07, 6.45) is 2.96. The van der Waals surface area contributed by atoms with Gasteiger partial charge in [0.2, 0.25) is 5.91 Å². The van der Waals surface area contributed by atoms with Crippen LogP contribution in [0.3, 0.4) is 0 Å². The summed E-state index contributed by atoms with van der Waals surface area (Å²) in [4.78, 5) is 25.6. The van der Waals surface area contributed by atoms with Gasteiger partial charge in [0.25, 0.3) is 0 Å². The van der Waals surface area contributed by atoms with Crippen molar-refractivity contribution in [2.75, 3.05) is 6.54 Å². The molecule has 1 fully saturated rings. The Morgan fingerprint density at radius 3 is 2.71 bits per heavy atom. The van der Waals surface area contributed by atoms with Crippen molar-refractivity contribution in [1.82, 2.24) is 10.2 Å². The fourth-order valence-corrected chi connectivity index (χ4v) is 3.28. The number of benzene rings is 1. The highest BCUT2D eigenvalue weighted by atomic mass is 16.4. The summed E-state index contributed by atoms with van der Waals surface area (Å²) < 4.78 is 0. The van der Waals surface area contributed by atoms with Gasteiger partial charge in [-0.2, -0.15) is 0 Å². The fraction of sp³-hybridized carbons (Fsp3) is 0.500. The van der Waals surface area contributed by atoms with E-state index in [2.05, 4.69) is 11.4 Å². The van der Waals surface area contributed by atoms with E-state index in [0.29, 0.717) is 25.9 Å². The SMILES string of the molecule is O=C(O)C1CCCCN1C(=O)[C@@H]1Cc2ccccc2CN1. The van der Waals surface area contributed by atoms with E-state index in [1.165, 1.54) is 11.1 Å². The number of hydrogen-bond acceptors (Lipinski definition) is 3. The van der Waals surface area contributed by atoms with Crippen molar-refractivity contribution in [3.8, 4) is 0 Å². The molecular formula is C16H20N2O3. The minimum Gasteiger partial charge on any atom is -0.480 e. The predicted molar refractivity (Wildman–Crippen MR) is 77.8 cm³/mol. The number of nitrogens with zero attached hydrogens (tertiary/aromatic N) is 1. The van der Waals surface area contributed by atoms with Crippen molar-refractivity contribution in [3.63, 3.8) is 0 Å². The first-order valence-corrected chi connectivity index (χ1v) is 7.50. The van der Waals surface area contributed by atoms with E-state index in [1.807, 2.05) is 18.2 Å². The first kappa shape index (κ1) is 14.1. The minimum absolute atomic E-state index is 0.0726. The topological polar surface area (TPSA) is 69.6 Å². The van der Waals surface area contributed by atoms with Gasteiger partial charge in [0.1, 0.15) is 6.04 Å². The smallest absolute Gasteiger partial charge is 0.326 e. The molecule has 21 heavy (non-hydrogen) atoms. The van der Waals surface area contributed by atoms with Crippen molar-refractivity contribution < 1.29 is 14.7 Å². The second-order valence-corrected chi connectivity index (χ2v) is 5.79. The zero-order chi connectivity index (χ0) is 14.8. The standard InChI is InChI=1S/C16H20N2O3/c19-15(18-8-4-3-7-14(18)16(20)21)13-9-11-5-1-2-6-12(11)10-17-13/h1-2,5-6,13-14,17H,3-4,7-10H2,(H,20,21)/t13-,14?/m0/s1. The maximum atomic E-state index is 12.7. The van der Waals surface area contributed by atoms with Crippen LogP contribution in [0, 0.1) is 0 Å². The van der Waals surface area contributed by atoms with E-state index >= 15 is 0 Å². The Morgan fingerprint density at radius 2 is 1.95 bits per heavy atom. The van der Waals surface area contributed by atoms with Crippen LogP contribution in [-0.4, -0.2) is 40.5 Å². The first-order chi connectivity index (χ1) is 10.2. The Labute approximate surface area is 123 Å². The molecule has 2 N–H and O–H groups in total. The van der Waals surface area contributed by atoms with Crippen molar-refractivity contribution in [2.45, 2.75) is 44.3 Å².